The standard InChI is InChI=1S/C18H25FO4S/c19-14-9-11-15(12-10-14)22-13-16-5-4-8-18(23-16)24(20,21)17-6-2-1-3-7-17/h1-3,6-7,14-16,18H,4-5,8-13H2/t14?,15?,16-,18?/m0/s1. The molecule has 0 N–H and O–H groups in total. The molecule has 1 unspecified atom stereocenters. The van der Waals surface area contributed by atoms with E-state index in [1.54, 1.807) is 30.3 Å². The van der Waals surface area contributed by atoms with Crippen LogP contribution in [0.3, 0.4) is 0 Å². The van der Waals surface area contributed by atoms with Crippen LogP contribution in [0, 0.1) is 0 Å². The Labute approximate surface area is 143 Å². The van der Waals surface area contributed by atoms with Crippen LogP contribution in [0.4, 0.5) is 4.39 Å². The fraction of sp³-hybridized carbons (Fsp3) is 0.667. The van der Waals surface area contributed by atoms with Crippen LogP contribution in [0.25, 0.3) is 0 Å². The molecule has 0 aromatic heterocycles. The van der Waals surface area contributed by atoms with Crippen LogP contribution in [0.2, 0.25) is 0 Å². The second-order valence-corrected chi connectivity index (χ2v) is 8.77. The lowest BCUT2D eigenvalue weighted by Gasteiger charge is -2.32. The molecule has 0 bridgehead atoms. The van der Waals surface area contributed by atoms with Gasteiger partial charge in [0.2, 0.25) is 9.84 Å². The molecule has 1 aromatic rings. The minimum Gasteiger partial charge on any atom is -0.376 e. The molecule has 1 saturated heterocycles. The average molecular weight is 356 g/mol. The molecule has 24 heavy (non-hydrogen) atoms. The summed E-state index contributed by atoms with van der Waals surface area (Å²) >= 11 is 0. The Hall–Kier alpha value is -0.980. The van der Waals surface area contributed by atoms with E-state index in [9.17, 15) is 12.8 Å². The molecule has 6 heteroatoms. The van der Waals surface area contributed by atoms with Gasteiger partial charge in [0.25, 0.3) is 0 Å². The molecule has 1 aliphatic heterocycles. The Kier molecular flexibility index (Phi) is 5.89. The van der Waals surface area contributed by atoms with Gasteiger partial charge < -0.3 is 9.47 Å². The molecule has 134 valence electrons. The molecule has 3 rings (SSSR count). The van der Waals surface area contributed by atoms with Gasteiger partial charge in [-0.1, -0.05) is 18.2 Å². The number of benzene rings is 1. The SMILES string of the molecule is O=S(=O)(c1ccccc1)C1CCC[C@@H](COC2CCC(F)CC2)O1. The van der Waals surface area contributed by atoms with Crippen LogP contribution in [0.15, 0.2) is 35.2 Å². The van der Waals surface area contributed by atoms with Crippen molar-refractivity contribution in [2.75, 3.05) is 6.61 Å². The van der Waals surface area contributed by atoms with Gasteiger partial charge in [0.1, 0.15) is 6.17 Å². The Morgan fingerprint density at radius 3 is 2.46 bits per heavy atom. The first-order valence-electron chi connectivity index (χ1n) is 8.76. The molecule has 0 amide bonds. The number of hydrogen-bond donors (Lipinski definition) is 0. The van der Waals surface area contributed by atoms with Crippen LogP contribution in [-0.4, -0.2) is 38.8 Å². The van der Waals surface area contributed by atoms with E-state index in [4.69, 9.17) is 9.47 Å². The van der Waals surface area contributed by atoms with Gasteiger partial charge >= 0.3 is 0 Å². The van der Waals surface area contributed by atoms with Crippen molar-refractivity contribution in [1.29, 1.82) is 0 Å². The third kappa shape index (κ3) is 4.35. The summed E-state index contributed by atoms with van der Waals surface area (Å²) in [6, 6.07) is 8.45. The van der Waals surface area contributed by atoms with Crippen molar-refractivity contribution in [2.24, 2.45) is 0 Å². The zero-order valence-electron chi connectivity index (χ0n) is 13.8. The number of rotatable bonds is 5. The molecule has 1 heterocycles. The highest BCUT2D eigenvalue weighted by Crippen LogP contribution is 2.29. The predicted octanol–water partition coefficient (Wildman–Crippen LogP) is 3.65. The van der Waals surface area contributed by atoms with Crippen LogP contribution >= 0.6 is 0 Å². The largest absolute Gasteiger partial charge is 0.376 e. The van der Waals surface area contributed by atoms with E-state index in [0.717, 1.165) is 25.7 Å². The Morgan fingerprint density at radius 1 is 1.04 bits per heavy atom. The van der Waals surface area contributed by atoms with Gasteiger partial charge in [-0.15, -0.1) is 0 Å². The number of sulfone groups is 1. The van der Waals surface area contributed by atoms with Crippen LogP contribution in [-0.2, 0) is 19.3 Å². The molecule has 1 aromatic carbocycles. The molecule has 1 saturated carbocycles. The van der Waals surface area contributed by atoms with Crippen LogP contribution in [0.5, 0.6) is 0 Å². The maximum Gasteiger partial charge on any atom is 0.205 e. The van der Waals surface area contributed by atoms with Gasteiger partial charge in [-0.3, -0.25) is 0 Å². The van der Waals surface area contributed by atoms with Crippen molar-refractivity contribution in [1.82, 2.24) is 0 Å². The predicted molar refractivity (Wildman–Crippen MR) is 89.2 cm³/mol. The second-order valence-electron chi connectivity index (χ2n) is 6.68. The molecular weight excluding hydrogens is 331 g/mol. The topological polar surface area (TPSA) is 52.6 Å². The van der Waals surface area contributed by atoms with Crippen LogP contribution in [0.1, 0.15) is 44.9 Å². The van der Waals surface area contributed by atoms with Gasteiger partial charge in [-0.25, -0.2) is 12.8 Å². The van der Waals surface area contributed by atoms with Gasteiger partial charge in [-0.2, -0.15) is 0 Å². The summed E-state index contributed by atoms with van der Waals surface area (Å²) in [5, 5.41) is 0. The van der Waals surface area contributed by atoms with Gasteiger partial charge in [0.05, 0.1) is 23.7 Å². The zero-order chi connectivity index (χ0) is 17.0. The van der Waals surface area contributed by atoms with Crippen molar-refractivity contribution < 1.29 is 22.3 Å². The molecule has 4 nitrogen and oxygen atoms in total. The Morgan fingerprint density at radius 2 is 1.75 bits per heavy atom. The number of ether oxygens (including phenoxy) is 2. The summed E-state index contributed by atoms with van der Waals surface area (Å²) in [6.45, 7) is 0.391. The average Bonchev–Trinajstić information content (AvgIpc) is 2.62. The van der Waals surface area contributed by atoms with E-state index < -0.39 is 21.4 Å². The summed E-state index contributed by atoms with van der Waals surface area (Å²) in [4.78, 5) is 0.304. The minimum absolute atomic E-state index is 0.0757. The molecule has 0 radical (unpaired) electrons. The summed E-state index contributed by atoms with van der Waals surface area (Å²) in [5.41, 5.74) is -0.802. The lowest BCUT2D eigenvalue weighted by atomic mass is 9.96. The third-order valence-electron chi connectivity index (χ3n) is 4.85. The van der Waals surface area contributed by atoms with E-state index in [1.807, 2.05) is 0 Å². The van der Waals surface area contributed by atoms with Crippen molar-refractivity contribution in [3.63, 3.8) is 0 Å². The normalized spacial score (nSPS) is 31.7. The van der Waals surface area contributed by atoms with Crippen molar-refractivity contribution >= 4 is 9.84 Å². The number of halogens is 1. The Balaban J connectivity index is 1.54. The first kappa shape index (κ1) is 17.8. The van der Waals surface area contributed by atoms with Crippen molar-refractivity contribution in [3.05, 3.63) is 30.3 Å². The highest BCUT2D eigenvalue weighted by atomic mass is 32.2. The fourth-order valence-electron chi connectivity index (χ4n) is 3.41. The molecule has 1 aliphatic carbocycles. The lowest BCUT2D eigenvalue weighted by molar-refractivity contribution is -0.0843. The maximum atomic E-state index is 13.1. The van der Waals surface area contributed by atoms with Crippen molar-refractivity contribution in [3.8, 4) is 0 Å². The third-order valence-corrected chi connectivity index (χ3v) is 6.82. The second kappa shape index (κ2) is 7.93. The highest BCUT2D eigenvalue weighted by Gasteiger charge is 2.34. The van der Waals surface area contributed by atoms with E-state index in [0.29, 0.717) is 30.8 Å². The highest BCUT2D eigenvalue weighted by molar-refractivity contribution is 7.91. The summed E-state index contributed by atoms with van der Waals surface area (Å²) in [6.07, 6.45) is 3.89. The van der Waals surface area contributed by atoms with Gasteiger partial charge in [0.15, 0.2) is 5.44 Å². The minimum atomic E-state index is -3.47. The molecular formula is C18H25FO4S. The number of alkyl halides is 1. The first-order chi connectivity index (χ1) is 11.6. The monoisotopic (exact) mass is 356 g/mol. The molecule has 2 fully saturated rings. The zero-order valence-corrected chi connectivity index (χ0v) is 14.6. The lowest BCUT2D eigenvalue weighted by Crippen LogP contribution is -2.37. The van der Waals surface area contributed by atoms with E-state index in [-0.39, 0.29) is 12.2 Å². The van der Waals surface area contributed by atoms with Gasteiger partial charge in [0, 0.05) is 0 Å². The quantitative estimate of drug-likeness (QED) is 0.808. The Bertz CT molecular complexity index is 611. The van der Waals surface area contributed by atoms with E-state index in [1.165, 1.54) is 0 Å². The van der Waals surface area contributed by atoms with E-state index in [2.05, 4.69) is 0 Å². The molecule has 0 spiro atoms. The molecule has 2 aliphatic rings. The van der Waals surface area contributed by atoms with Gasteiger partial charge in [-0.05, 0) is 57.1 Å². The molecule has 2 atom stereocenters. The maximum absolute atomic E-state index is 13.1. The van der Waals surface area contributed by atoms with E-state index >= 15 is 0 Å². The summed E-state index contributed by atoms with van der Waals surface area (Å²) in [5.74, 6) is 0. The number of hydrogen-bond acceptors (Lipinski definition) is 4. The summed E-state index contributed by atoms with van der Waals surface area (Å²) in [7, 11) is -3.47. The van der Waals surface area contributed by atoms with Crippen LogP contribution < -0.4 is 0 Å². The smallest absolute Gasteiger partial charge is 0.205 e. The fourth-order valence-corrected chi connectivity index (χ4v) is 5.03. The summed E-state index contributed by atoms with van der Waals surface area (Å²) < 4.78 is 50.2. The van der Waals surface area contributed by atoms with Crippen molar-refractivity contribution in [2.45, 2.75) is 73.7 Å². The first-order valence-corrected chi connectivity index (χ1v) is 10.3.